The molecule has 0 unspecified atom stereocenters. The number of non-ortho nitro benzene ring substituents is 1. The van der Waals surface area contributed by atoms with Crippen LogP contribution in [0.3, 0.4) is 0 Å². The van der Waals surface area contributed by atoms with Gasteiger partial charge >= 0.3 is 0 Å². The molecule has 31 heavy (non-hydrogen) atoms. The molecule has 0 aliphatic heterocycles. The van der Waals surface area contributed by atoms with Gasteiger partial charge in [-0.2, -0.15) is 0 Å². The SMILES string of the molecule is CN(C)CCNC(=O)c1ccccc1NC(=O)c1ccc(-c2cccc([N+](=O)[O-])c2)o1. The molecular formula is C22H22N4O5. The van der Waals surface area contributed by atoms with Crippen LogP contribution in [-0.4, -0.2) is 48.8 Å². The Labute approximate surface area is 178 Å². The molecule has 1 aromatic heterocycles. The van der Waals surface area contributed by atoms with Gasteiger partial charge in [0.1, 0.15) is 5.76 Å². The van der Waals surface area contributed by atoms with E-state index in [4.69, 9.17) is 4.42 Å². The van der Waals surface area contributed by atoms with Crippen molar-refractivity contribution in [3.05, 3.63) is 82.1 Å². The Morgan fingerprint density at radius 1 is 1.03 bits per heavy atom. The molecule has 9 heteroatoms. The van der Waals surface area contributed by atoms with Gasteiger partial charge in [-0.05, 0) is 38.4 Å². The molecule has 9 nitrogen and oxygen atoms in total. The third kappa shape index (κ3) is 5.55. The highest BCUT2D eigenvalue weighted by Gasteiger charge is 2.17. The number of hydrogen-bond donors (Lipinski definition) is 2. The number of nitrogens with zero attached hydrogens (tertiary/aromatic N) is 2. The first-order valence-corrected chi connectivity index (χ1v) is 9.53. The van der Waals surface area contributed by atoms with Gasteiger partial charge in [-0.25, -0.2) is 0 Å². The Morgan fingerprint density at radius 3 is 2.55 bits per heavy atom. The predicted octanol–water partition coefficient (Wildman–Crippen LogP) is 3.40. The van der Waals surface area contributed by atoms with E-state index < -0.39 is 10.8 Å². The summed E-state index contributed by atoms with van der Waals surface area (Å²) >= 11 is 0. The number of nitro benzene ring substituents is 1. The van der Waals surface area contributed by atoms with Crippen LogP contribution in [0.15, 0.2) is 65.1 Å². The number of benzene rings is 2. The van der Waals surface area contributed by atoms with E-state index in [-0.39, 0.29) is 17.4 Å². The molecule has 3 aromatic rings. The average Bonchev–Trinajstić information content (AvgIpc) is 3.24. The van der Waals surface area contributed by atoms with Gasteiger partial charge in [0.15, 0.2) is 5.76 Å². The molecule has 0 spiro atoms. The third-order valence-corrected chi connectivity index (χ3v) is 4.44. The van der Waals surface area contributed by atoms with E-state index in [1.165, 1.54) is 18.2 Å². The number of anilines is 1. The summed E-state index contributed by atoms with van der Waals surface area (Å²) in [7, 11) is 3.82. The minimum atomic E-state index is -0.537. The number of carbonyl (C=O) groups excluding carboxylic acids is 2. The molecule has 0 fully saturated rings. The van der Waals surface area contributed by atoms with Gasteiger partial charge in [-0.15, -0.1) is 0 Å². The predicted molar refractivity (Wildman–Crippen MR) is 116 cm³/mol. The highest BCUT2D eigenvalue weighted by atomic mass is 16.6. The first-order chi connectivity index (χ1) is 14.8. The van der Waals surface area contributed by atoms with Crippen molar-refractivity contribution in [2.75, 3.05) is 32.5 Å². The minimum Gasteiger partial charge on any atom is -0.451 e. The second-order valence-corrected chi connectivity index (χ2v) is 7.03. The van der Waals surface area contributed by atoms with Crippen molar-refractivity contribution in [1.29, 1.82) is 0 Å². The Balaban J connectivity index is 1.74. The molecule has 2 amide bonds. The number of likely N-dealkylation sites (N-methyl/N-ethyl adjacent to an activating group) is 1. The van der Waals surface area contributed by atoms with Crippen molar-refractivity contribution in [3.8, 4) is 11.3 Å². The largest absolute Gasteiger partial charge is 0.451 e. The molecule has 0 aliphatic rings. The molecule has 3 rings (SSSR count). The Bertz CT molecular complexity index is 1110. The van der Waals surface area contributed by atoms with E-state index in [1.807, 2.05) is 19.0 Å². The van der Waals surface area contributed by atoms with Crippen LogP contribution in [0.5, 0.6) is 0 Å². The monoisotopic (exact) mass is 422 g/mol. The van der Waals surface area contributed by atoms with Gasteiger partial charge in [-0.3, -0.25) is 19.7 Å². The van der Waals surface area contributed by atoms with Crippen LogP contribution < -0.4 is 10.6 Å². The van der Waals surface area contributed by atoms with Gasteiger partial charge in [0.05, 0.1) is 16.2 Å². The van der Waals surface area contributed by atoms with Crippen LogP contribution in [0.25, 0.3) is 11.3 Å². The van der Waals surface area contributed by atoms with Crippen molar-refractivity contribution in [3.63, 3.8) is 0 Å². The summed E-state index contributed by atoms with van der Waals surface area (Å²) in [6.45, 7) is 1.16. The van der Waals surface area contributed by atoms with Crippen molar-refractivity contribution in [2.24, 2.45) is 0 Å². The quantitative estimate of drug-likeness (QED) is 0.424. The first kappa shape index (κ1) is 21.7. The van der Waals surface area contributed by atoms with Crippen LogP contribution in [0, 0.1) is 10.1 Å². The van der Waals surface area contributed by atoms with Crippen molar-refractivity contribution >= 4 is 23.2 Å². The molecule has 0 bridgehead atoms. The number of furan rings is 1. The van der Waals surface area contributed by atoms with Gasteiger partial charge in [0.25, 0.3) is 17.5 Å². The smallest absolute Gasteiger partial charge is 0.291 e. The lowest BCUT2D eigenvalue weighted by atomic mass is 10.1. The van der Waals surface area contributed by atoms with E-state index in [0.717, 1.165) is 0 Å². The second-order valence-electron chi connectivity index (χ2n) is 7.03. The maximum absolute atomic E-state index is 12.7. The maximum atomic E-state index is 12.7. The minimum absolute atomic E-state index is 0.0179. The Morgan fingerprint density at radius 2 is 1.81 bits per heavy atom. The fourth-order valence-electron chi connectivity index (χ4n) is 2.85. The van der Waals surface area contributed by atoms with E-state index in [0.29, 0.717) is 35.7 Å². The number of rotatable bonds is 8. The number of hydrogen-bond acceptors (Lipinski definition) is 6. The van der Waals surface area contributed by atoms with Crippen molar-refractivity contribution < 1.29 is 18.9 Å². The molecule has 2 aromatic carbocycles. The van der Waals surface area contributed by atoms with E-state index in [9.17, 15) is 19.7 Å². The van der Waals surface area contributed by atoms with E-state index in [2.05, 4.69) is 10.6 Å². The lowest BCUT2D eigenvalue weighted by molar-refractivity contribution is -0.384. The summed E-state index contributed by atoms with van der Waals surface area (Å²) in [5.74, 6) is -0.493. The van der Waals surface area contributed by atoms with Gasteiger partial charge in [0, 0.05) is 30.8 Å². The summed E-state index contributed by atoms with van der Waals surface area (Å²) in [5.41, 5.74) is 1.09. The molecule has 1 heterocycles. The van der Waals surface area contributed by atoms with Crippen LogP contribution in [0.2, 0.25) is 0 Å². The molecule has 160 valence electrons. The lowest BCUT2D eigenvalue weighted by Crippen LogP contribution is -2.32. The zero-order valence-corrected chi connectivity index (χ0v) is 17.1. The summed E-state index contributed by atoms with van der Waals surface area (Å²) in [6, 6.07) is 15.7. The maximum Gasteiger partial charge on any atom is 0.291 e. The van der Waals surface area contributed by atoms with Crippen LogP contribution >= 0.6 is 0 Å². The topological polar surface area (TPSA) is 118 Å². The highest BCUT2D eigenvalue weighted by molar-refractivity contribution is 6.08. The zero-order chi connectivity index (χ0) is 22.4. The average molecular weight is 422 g/mol. The molecule has 0 saturated carbocycles. The fraction of sp³-hybridized carbons (Fsp3) is 0.182. The van der Waals surface area contributed by atoms with E-state index in [1.54, 1.807) is 42.5 Å². The molecule has 0 radical (unpaired) electrons. The number of para-hydroxylation sites is 1. The Hall–Kier alpha value is -3.98. The molecular weight excluding hydrogens is 400 g/mol. The number of carbonyl (C=O) groups is 2. The van der Waals surface area contributed by atoms with Crippen molar-refractivity contribution in [1.82, 2.24) is 10.2 Å². The molecule has 0 atom stereocenters. The summed E-state index contributed by atoms with van der Waals surface area (Å²) in [6.07, 6.45) is 0. The number of nitro groups is 1. The number of amides is 2. The zero-order valence-electron chi connectivity index (χ0n) is 17.1. The molecule has 0 aliphatic carbocycles. The first-order valence-electron chi connectivity index (χ1n) is 9.53. The van der Waals surface area contributed by atoms with Crippen LogP contribution in [0.4, 0.5) is 11.4 Å². The van der Waals surface area contributed by atoms with Gasteiger partial charge < -0.3 is 20.0 Å². The summed E-state index contributed by atoms with van der Waals surface area (Å²) in [5, 5.41) is 16.5. The molecule has 2 N–H and O–H groups in total. The summed E-state index contributed by atoms with van der Waals surface area (Å²) < 4.78 is 5.59. The standard InChI is InChI=1S/C22H22N4O5/c1-25(2)13-12-23-21(27)17-8-3-4-9-18(17)24-22(28)20-11-10-19(31-20)15-6-5-7-16(14-15)26(29)30/h3-11,14H,12-13H2,1-2H3,(H,23,27)(H,24,28). The van der Waals surface area contributed by atoms with E-state index >= 15 is 0 Å². The van der Waals surface area contributed by atoms with Gasteiger partial charge in [0.2, 0.25) is 0 Å². The Kier molecular flexibility index (Phi) is 6.78. The van der Waals surface area contributed by atoms with Crippen LogP contribution in [0.1, 0.15) is 20.9 Å². The lowest BCUT2D eigenvalue weighted by Gasteiger charge is -2.13. The van der Waals surface area contributed by atoms with Crippen LogP contribution in [-0.2, 0) is 0 Å². The fourth-order valence-corrected chi connectivity index (χ4v) is 2.85. The van der Waals surface area contributed by atoms with Crippen molar-refractivity contribution in [2.45, 2.75) is 0 Å². The second kappa shape index (κ2) is 9.68. The highest BCUT2D eigenvalue weighted by Crippen LogP contribution is 2.26. The third-order valence-electron chi connectivity index (χ3n) is 4.44. The number of nitrogens with one attached hydrogen (secondary N) is 2. The normalized spacial score (nSPS) is 10.7. The van der Waals surface area contributed by atoms with Gasteiger partial charge in [-0.1, -0.05) is 24.3 Å². The molecule has 0 saturated heterocycles. The summed E-state index contributed by atoms with van der Waals surface area (Å²) in [4.78, 5) is 37.6.